The van der Waals surface area contributed by atoms with E-state index in [0.717, 1.165) is 39.8 Å². The van der Waals surface area contributed by atoms with Crippen molar-refractivity contribution in [1.29, 1.82) is 0 Å². The van der Waals surface area contributed by atoms with E-state index in [1.807, 2.05) is 18.2 Å². The fourth-order valence-electron chi connectivity index (χ4n) is 5.75. The Labute approximate surface area is 224 Å². The molecule has 0 aliphatic heterocycles. The van der Waals surface area contributed by atoms with Gasteiger partial charge in [-0.1, -0.05) is 66.7 Å². The maximum atomic E-state index is 10.7. The van der Waals surface area contributed by atoms with Gasteiger partial charge >= 0.3 is 0 Å². The van der Waals surface area contributed by atoms with Gasteiger partial charge < -0.3 is 15.3 Å². The van der Waals surface area contributed by atoms with Crippen LogP contribution in [0.15, 0.2) is 36.4 Å². The number of aryl methyl sites for hydroxylation is 3. The normalized spacial score (nSPS) is 12.8. The van der Waals surface area contributed by atoms with Crippen molar-refractivity contribution in [2.75, 3.05) is 0 Å². The molecule has 3 aromatic carbocycles. The number of phenolic OH excluding ortho intramolecular Hbond substituents is 3. The summed E-state index contributed by atoms with van der Waals surface area (Å²) < 4.78 is 0. The van der Waals surface area contributed by atoms with Gasteiger partial charge in [0.15, 0.2) is 0 Å². The van der Waals surface area contributed by atoms with Gasteiger partial charge in [0.2, 0.25) is 0 Å². The van der Waals surface area contributed by atoms with Crippen molar-refractivity contribution in [2.45, 2.75) is 105 Å². The number of benzene rings is 3. The summed E-state index contributed by atoms with van der Waals surface area (Å²) >= 11 is 0. The van der Waals surface area contributed by atoms with E-state index >= 15 is 0 Å². The lowest BCUT2D eigenvalue weighted by molar-refractivity contribution is 0.463. The molecule has 0 amide bonds. The van der Waals surface area contributed by atoms with Crippen LogP contribution in [-0.2, 0) is 0 Å². The van der Waals surface area contributed by atoms with Crippen LogP contribution in [0, 0.1) is 20.8 Å². The second-order valence-corrected chi connectivity index (χ2v) is 12.0. The lowest BCUT2D eigenvalue weighted by Gasteiger charge is -2.29. The maximum absolute atomic E-state index is 10.7. The molecule has 37 heavy (non-hydrogen) atoms. The van der Waals surface area contributed by atoms with Gasteiger partial charge in [0.05, 0.1) is 0 Å². The van der Waals surface area contributed by atoms with Gasteiger partial charge in [-0.3, -0.25) is 0 Å². The smallest absolute Gasteiger partial charge is 0.119 e. The molecule has 0 aliphatic carbocycles. The number of aromatic hydroxyl groups is 3. The van der Waals surface area contributed by atoms with Crippen molar-refractivity contribution >= 4 is 0 Å². The predicted molar refractivity (Wildman–Crippen MR) is 156 cm³/mol. The highest BCUT2D eigenvalue weighted by atomic mass is 16.3. The first-order valence-corrected chi connectivity index (χ1v) is 13.7. The Morgan fingerprint density at radius 3 is 1.08 bits per heavy atom. The monoisotopic (exact) mass is 502 g/mol. The van der Waals surface area contributed by atoms with Crippen LogP contribution in [0.2, 0.25) is 0 Å². The van der Waals surface area contributed by atoms with Gasteiger partial charge in [-0.05, 0) is 119 Å². The van der Waals surface area contributed by atoms with E-state index in [4.69, 9.17) is 0 Å². The fraction of sp³-hybridized carbons (Fsp3) is 0.471. The Bertz CT molecular complexity index is 1200. The van der Waals surface area contributed by atoms with E-state index in [9.17, 15) is 15.3 Å². The number of hydrogen-bond acceptors (Lipinski definition) is 3. The van der Waals surface area contributed by atoms with Crippen molar-refractivity contribution in [3.05, 3.63) is 86.5 Å². The summed E-state index contributed by atoms with van der Waals surface area (Å²) in [4.78, 5) is 0. The molecule has 0 radical (unpaired) electrons. The first-order valence-electron chi connectivity index (χ1n) is 13.7. The van der Waals surface area contributed by atoms with E-state index in [-0.39, 0.29) is 29.6 Å². The summed E-state index contributed by atoms with van der Waals surface area (Å²) in [6.45, 7) is 21.2. The molecule has 1 atom stereocenters. The largest absolute Gasteiger partial charge is 0.508 e. The number of rotatable bonds is 8. The minimum absolute atomic E-state index is 0.0851. The Balaban J connectivity index is 2.23. The van der Waals surface area contributed by atoms with Crippen molar-refractivity contribution in [3.63, 3.8) is 0 Å². The zero-order valence-electron chi connectivity index (χ0n) is 24.4. The third-order valence-corrected chi connectivity index (χ3v) is 7.98. The van der Waals surface area contributed by atoms with Crippen molar-refractivity contribution in [2.24, 2.45) is 0 Å². The first kappa shape index (κ1) is 28.6. The summed E-state index contributed by atoms with van der Waals surface area (Å²) in [6.07, 6.45) is 0.870. The molecule has 200 valence electrons. The van der Waals surface area contributed by atoms with Crippen molar-refractivity contribution in [3.8, 4) is 17.2 Å². The SMILES string of the molecule is Cc1cc(O)c(C(C)C)cc1C(C)CC(c1cc(C(C)C)c(O)cc1C)c1cc(C(C)C)c(O)cc1C. The molecule has 0 aliphatic rings. The standard InChI is InChI=1S/C34H46O3/c1-18(2)25-15-28(22(8)12-32(25)35)21(7)11-31(29-16-26(19(3)4)33(36)13-23(29)9)30-17-27(20(5)6)34(37)14-24(30)10/h12-21,31,35-37H,11H2,1-10H3. The molecule has 3 rings (SSSR count). The van der Waals surface area contributed by atoms with Gasteiger partial charge in [-0.2, -0.15) is 0 Å². The molecule has 3 heteroatoms. The lowest BCUT2D eigenvalue weighted by Crippen LogP contribution is -2.12. The molecule has 3 nitrogen and oxygen atoms in total. The molecule has 0 heterocycles. The highest BCUT2D eigenvalue weighted by molar-refractivity contribution is 5.52. The average Bonchev–Trinajstić information content (AvgIpc) is 2.77. The molecule has 0 aromatic heterocycles. The minimum atomic E-state index is 0.0851. The molecular formula is C34H46O3. The van der Waals surface area contributed by atoms with Gasteiger partial charge in [-0.15, -0.1) is 0 Å². The van der Waals surface area contributed by atoms with Crippen LogP contribution in [0.1, 0.15) is 135 Å². The average molecular weight is 503 g/mol. The summed E-state index contributed by atoms with van der Waals surface area (Å²) in [6, 6.07) is 12.3. The molecular weight excluding hydrogens is 456 g/mol. The Hall–Kier alpha value is -2.94. The molecule has 1 unspecified atom stereocenters. The summed E-state index contributed by atoms with van der Waals surface area (Å²) in [5, 5.41) is 31.9. The van der Waals surface area contributed by atoms with Crippen molar-refractivity contribution in [1.82, 2.24) is 0 Å². The van der Waals surface area contributed by atoms with Crippen LogP contribution in [0.25, 0.3) is 0 Å². The van der Waals surface area contributed by atoms with Crippen LogP contribution in [-0.4, -0.2) is 15.3 Å². The first-order chi connectivity index (χ1) is 17.2. The maximum Gasteiger partial charge on any atom is 0.119 e. The number of phenols is 3. The fourth-order valence-corrected chi connectivity index (χ4v) is 5.75. The van der Waals surface area contributed by atoms with Gasteiger partial charge in [0, 0.05) is 5.92 Å². The summed E-state index contributed by atoms with van der Waals surface area (Å²) in [5.41, 5.74) is 9.84. The van der Waals surface area contributed by atoms with Gasteiger partial charge in [0.25, 0.3) is 0 Å². The van der Waals surface area contributed by atoms with Gasteiger partial charge in [-0.25, -0.2) is 0 Å². The van der Waals surface area contributed by atoms with E-state index in [2.05, 4.69) is 87.4 Å². The van der Waals surface area contributed by atoms with Crippen LogP contribution in [0.4, 0.5) is 0 Å². The zero-order valence-corrected chi connectivity index (χ0v) is 24.4. The third kappa shape index (κ3) is 5.98. The van der Waals surface area contributed by atoms with Crippen LogP contribution in [0.3, 0.4) is 0 Å². The van der Waals surface area contributed by atoms with E-state index in [0.29, 0.717) is 17.2 Å². The second kappa shape index (κ2) is 11.2. The minimum Gasteiger partial charge on any atom is -0.508 e. The quantitative estimate of drug-likeness (QED) is 0.287. The number of hydrogen-bond donors (Lipinski definition) is 3. The van der Waals surface area contributed by atoms with E-state index in [1.54, 1.807) is 0 Å². The molecule has 3 aromatic rings. The lowest BCUT2D eigenvalue weighted by atomic mass is 9.76. The second-order valence-electron chi connectivity index (χ2n) is 12.0. The molecule has 0 saturated heterocycles. The topological polar surface area (TPSA) is 60.7 Å². The van der Waals surface area contributed by atoms with E-state index in [1.165, 1.54) is 16.7 Å². The van der Waals surface area contributed by atoms with Crippen molar-refractivity contribution < 1.29 is 15.3 Å². The summed E-state index contributed by atoms with van der Waals surface area (Å²) in [7, 11) is 0. The highest BCUT2D eigenvalue weighted by Crippen LogP contribution is 2.44. The molecule has 0 spiro atoms. The third-order valence-electron chi connectivity index (χ3n) is 7.98. The van der Waals surface area contributed by atoms with Crippen LogP contribution in [0.5, 0.6) is 17.2 Å². The summed E-state index contributed by atoms with van der Waals surface area (Å²) in [5.74, 6) is 2.04. The Morgan fingerprint density at radius 2 is 0.757 bits per heavy atom. The van der Waals surface area contributed by atoms with Crippen LogP contribution >= 0.6 is 0 Å². The molecule has 0 bridgehead atoms. The molecule has 0 fully saturated rings. The highest BCUT2D eigenvalue weighted by Gasteiger charge is 2.26. The molecule has 3 N–H and O–H groups in total. The Morgan fingerprint density at radius 1 is 0.459 bits per heavy atom. The predicted octanol–water partition coefficient (Wildman–Crippen LogP) is 9.42. The zero-order chi connectivity index (χ0) is 27.8. The van der Waals surface area contributed by atoms with E-state index < -0.39 is 0 Å². The molecule has 0 saturated carbocycles. The Kier molecular flexibility index (Phi) is 8.67. The van der Waals surface area contributed by atoms with Crippen LogP contribution < -0.4 is 0 Å². The van der Waals surface area contributed by atoms with Gasteiger partial charge in [0.1, 0.15) is 17.2 Å².